The van der Waals surface area contributed by atoms with E-state index in [2.05, 4.69) is 16.2 Å². The van der Waals surface area contributed by atoms with Crippen LogP contribution < -0.4 is 5.32 Å². The Morgan fingerprint density at radius 1 is 1.53 bits per heavy atom. The normalized spacial score (nSPS) is 12.6. The Hall–Kier alpha value is -2.02. The molecule has 0 aromatic carbocycles. The van der Waals surface area contributed by atoms with Crippen molar-refractivity contribution < 1.29 is 9.90 Å². The number of pyridine rings is 1. The fourth-order valence-electron chi connectivity index (χ4n) is 1.59. The van der Waals surface area contributed by atoms with E-state index >= 15 is 0 Å². The first kappa shape index (κ1) is 15.0. The van der Waals surface area contributed by atoms with Crippen molar-refractivity contribution >= 4 is 11.8 Å². The third kappa shape index (κ3) is 4.29. The quantitative estimate of drug-likeness (QED) is 0.817. The molecule has 0 saturated carbocycles. The molecule has 0 radical (unpaired) electrons. The first-order valence-corrected chi connectivity index (χ1v) is 6.20. The van der Waals surface area contributed by atoms with E-state index in [-0.39, 0.29) is 17.0 Å². The Kier molecular flexibility index (Phi) is 4.55. The van der Waals surface area contributed by atoms with Crippen molar-refractivity contribution in [1.82, 2.24) is 4.98 Å². The van der Waals surface area contributed by atoms with Crippen LogP contribution in [0.1, 0.15) is 50.2 Å². The number of anilines is 1. The van der Waals surface area contributed by atoms with Crippen LogP contribution in [-0.4, -0.2) is 22.1 Å². The fourth-order valence-corrected chi connectivity index (χ4v) is 1.59. The highest BCUT2D eigenvalue weighted by Gasteiger charge is 2.19. The highest BCUT2D eigenvalue weighted by molar-refractivity contribution is 5.88. The highest BCUT2D eigenvalue weighted by atomic mass is 16.4. The van der Waals surface area contributed by atoms with E-state index in [1.807, 2.05) is 27.7 Å². The first-order chi connectivity index (χ1) is 8.74. The zero-order chi connectivity index (χ0) is 14.6. The van der Waals surface area contributed by atoms with E-state index in [0.29, 0.717) is 12.2 Å². The van der Waals surface area contributed by atoms with Gasteiger partial charge in [-0.15, -0.1) is 12.3 Å². The van der Waals surface area contributed by atoms with E-state index < -0.39 is 5.97 Å². The molecule has 0 spiro atoms. The zero-order valence-electron chi connectivity index (χ0n) is 11.8. The van der Waals surface area contributed by atoms with Gasteiger partial charge in [0, 0.05) is 23.6 Å². The van der Waals surface area contributed by atoms with Crippen molar-refractivity contribution in [1.29, 1.82) is 0 Å². The molecular formula is C15H20N2O2. The van der Waals surface area contributed by atoms with Gasteiger partial charge in [-0.05, 0) is 19.1 Å². The number of rotatable bonds is 4. The zero-order valence-corrected chi connectivity index (χ0v) is 11.8. The summed E-state index contributed by atoms with van der Waals surface area (Å²) in [5, 5.41) is 12.3. The molecule has 102 valence electrons. The third-order valence-electron chi connectivity index (χ3n) is 2.66. The monoisotopic (exact) mass is 260 g/mol. The predicted octanol–water partition coefficient (Wildman–Crippen LogP) is 2.90. The summed E-state index contributed by atoms with van der Waals surface area (Å²) in [5.41, 5.74) is 0.759. The topological polar surface area (TPSA) is 62.2 Å². The van der Waals surface area contributed by atoms with Crippen LogP contribution in [0.3, 0.4) is 0 Å². The lowest BCUT2D eigenvalue weighted by atomic mass is 9.90. The molecule has 0 aliphatic heterocycles. The molecule has 0 saturated heterocycles. The Morgan fingerprint density at radius 3 is 2.63 bits per heavy atom. The molecule has 0 amide bonds. The van der Waals surface area contributed by atoms with Crippen molar-refractivity contribution in [3.8, 4) is 12.3 Å². The molecule has 4 nitrogen and oxygen atoms in total. The Bertz CT molecular complexity index is 510. The molecular weight excluding hydrogens is 240 g/mol. The van der Waals surface area contributed by atoms with Gasteiger partial charge in [-0.3, -0.25) is 0 Å². The van der Waals surface area contributed by atoms with Crippen LogP contribution in [0.5, 0.6) is 0 Å². The van der Waals surface area contributed by atoms with Crippen LogP contribution in [-0.2, 0) is 5.41 Å². The molecule has 0 aliphatic carbocycles. The maximum absolute atomic E-state index is 11.2. The number of hydrogen-bond acceptors (Lipinski definition) is 3. The largest absolute Gasteiger partial charge is 0.478 e. The molecule has 1 atom stereocenters. The van der Waals surface area contributed by atoms with Gasteiger partial charge in [-0.1, -0.05) is 20.8 Å². The van der Waals surface area contributed by atoms with Crippen LogP contribution in [0.4, 0.5) is 5.82 Å². The number of terminal acetylenes is 1. The second kappa shape index (κ2) is 5.75. The number of nitrogens with zero attached hydrogens (tertiary/aromatic N) is 1. The van der Waals surface area contributed by atoms with Gasteiger partial charge in [0.15, 0.2) is 0 Å². The number of hydrogen-bond donors (Lipinski definition) is 2. The summed E-state index contributed by atoms with van der Waals surface area (Å²) in [7, 11) is 0. The van der Waals surface area contributed by atoms with E-state index in [9.17, 15) is 4.79 Å². The third-order valence-corrected chi connectivity index (χ3v) is 2.66. The molecule has 1 aromatic rings. The van der Waals surface area contributed by atoms with Crippen LogP contribution in [0.15, 0.2) is 12.1 Å². The van der Waals surface area contributed by atoms with E-state index in [1.165, 1.54) is 6.07 Å². The molecule has 1 unspecified atom stereocenters. The molecule has 19 heavy (non-hydrogen) atoms. The summed E-state index contributed by atoms with van der Waals surface area (Å²) in [6.07, 6.45) is 5.82. The van der Waals surface area contributed by atoms with Gasteiger partial charge in [-0.25, -0.2) is 9.78 Å². The summed E-state index contributed by atoms with van der Waals surface area (Å²) in [5.74, 6) is 2.15. The van der Waals surface area contributed by atoms with Crippen molar-refractivity contribution in [2.45, 2.75) is 45.6 Å². The van der Waals surface area contributed by atoms with Crippen molar-refractivity contribution in [3.63, 3.8) is 0 Å². The standard InChI is InChI=1S/C15H20N2O2/c1-6-7-10(2)16-13-9-11(14(18)19)8-12(17-13)15(3,4)5/h1,8-10H,7H2,2-5H3,(H,16,17)(H,18,19). The van der Waals surface area contributed by atoms with E-state index in [1.54, 1.807) is 6.07 Å². The highest BCUT2D eigenvalue weighted by Crippen LogP contribution is 2.23. The van der Waals surface area contributed by atoms with Crippen LogP contribution >= 0.6 is 0 Å². The minimum atomic E-state index is -0.958. The lowest BCUT2D eigenvalue weighted by Crippen LogP contribution is -2.20. The lowest BCUT2D eigenvalue weighted by molar-refractivity contribution is 0.0696. The molecule has 0 fully saturated rings. The molecule has 1 rings (SSSR count). The van der Waals surface area contributed by atoms with Crippen LogP contribution in [0.2, 0.25) is 0 Å². The number of nitrogens with one attached hydrogen (secondary N) is 1. The van der Waals surface area contributed by atoms with Gasteiger partial charge in [0.25, 0.3) is 0 Å². The Labute approximate surface area is 114 Å². The van der Waals surface area contributed by atoms with Crippen LogP contribution in [0, 0.1) is 12.3 Å². The number of carboxylic acid groups (broad SMARTS) is 1. The molecule has 1 heterocycles. The van der Waals surface area contributed by atoms with Gasteiger partial charge in [0.05, 0.1) is 5.56 Å². The summed E-state index contributed by atoms with van der Waals surface area (Å²) in [6.45, 7) is 7.92. The second-order valence-corrected chi connectivity index (χ2v) is 5.64. The van der Waals surface area contributed by atoms with Crippen LogP contribution in [0.25, 0.3) is 0 Å². The number of aromatic carboxylic acids is 1. The van der Waals surface area contributed by atoms with E-state index in [0.717, 1.165) is 5.69 Å². The predicted molar refractivity (Wildman–Crippen MR) is 76.4 cm³/mol. The van der Waals surface area contributed by atoms with Gasteiger partial charge < -0.3 is 10.4 Å². The number of aromatic nitrogens is 1. The van der Waals surface area contributed by atoms with Gasteiger partial charge >= 0.3 is 5.97 Å². The minimum absolute atomic E-state index is 0.0503. The van der Waals surface area contributed by atoms with Crippen molar-refractivity contribution in [2.75, 3.05) is 5.32 Å². The smallest absolute Gasteiger partial charge is 0.335 e. The average molecular weight is 260 g/mol. The average Bonchev–Trinajstić information content (AvgIpc) is 2.27. The summed E-state index contributed by atoms with van der Waals surface area (Å²) in [6, 6.07) is 3.19. The Morgan fingerprint density at radius 2 is 2.16 bits per heavy atom. The lowest BCUT2D eigenvalue weighted by Gasteiger charge is -2.20. The summed E-state index contributed by atoms with van der Waals surface area (Å²) < 4.78 is 0. The minimum Gasteiger partial charge on any atom is -0.478 e. The first-order valence-electron chi connectivity index (χ1n) is 6.20. The second-order valence-electron chi connectivity index (χ2n) is 5.64. The molecule has 1 aromatic heterocycles. The molecule has 2 N–H and O–H groups in total. The Balaban J connectivity index is 3.14. The fraction of sp³-hybridized carbons (Fsp3) is 0.467. The summed E-state index contributed by atoms with van der Waals surface area (Å²) >= 11 is 0. The molecule has 0 aliphatic rings. The number of carboxylic acids is 1. The maximum Gasteiger partial charge on any atom is 0.335 e. The SMILES string of the molecule is C#CCC(C)Nc1cc(C(=O)O)cc(C(C)(C)C)n1. The van der Waals surface area contributed by atoms with Crippen molar-refractivity contribution in [2.24, 2.45) is 0 Å². The molecule has 4 heteroatoms. The summed E-state index contributed by atoms with van der Waals surface area (Å²) in [4.78, 5) is 15.6. The van der Waals surface area contributed by atoms with E-state index in [4.69, 9.17) is 11.5 Å². The maximum atomic E-state index is 11.2. The molecule has 0 bridgehead atoms. The van der Waals surface area contributed by atoms with Gasteiger partial charge in [-0.2, -0.15) is 0 Å². The van der Waals surface area contributed by atoms with Gasteiger partial charge in [0.1, 0.15) is 5.82 Å². The van der Waals surface area contributed by atoms with Crippen molar-refractivity contribution in [3.05, 3.63) is 23.4 Å². The number of carbonyl (C=O) groups is 1. The van der Waals surface area contributed by atoms with Gasteiger partial charge in [0.2, 0.25) is 0 Å².